The van der Waals surface area contributed by atoms with Gasteiger partial charge in [0, 0.05) is 5.02 Å². The van der Waals surface area contributed by atoms with Gasteiger partial charge in [-0.3, -0.25) is 9.20 Å². The van der Waals surface area contributed by atoms with Crippen LogP contribution in [-0.2, 0) is 4.79 Å². The molecule has 0 radical (unpaired) electrons. The molecule has 0 saturated carbocycles. The second-order valence-corrected chi connectivity index (χ2v) is 6.29. The maximum atomic E-state index is 10.9. The van der Waals surface area contributed by atoms with E-state index in [0.29, 0.717) is 38.3 Å². The van der Waals surface area contributed by atoms with Crippen molar-refractivity contribution in [3.63, 3.8) is 0 Å². The van der Waals surface area contributed by atoms with E-state index in [9.17, 15) is 4.79 Å². The lowest BCUT2D eigenvalue weighted by Gasteiger charge is -2.07. The molecule has 0 spiro atoms. The zero-order valence-electron chi connectivity index (χ0n) is 12.0. The smallest absolute Gasteiger partial charge is 0.313 e. The Morgan fingerprint density at radius 1 is 1.33 bits per heavy atom. The molecule has 0 unspecified atom stereocenters. The van der Waals surface area contributed by atoms with Gasteiger partial charge in [-0.15, -0.1) is 10.2 Å². The second-order valence-electron chi connectivity index (χ2n) is 4.89. The van der Waals surface area contributed by atoms with Crippen molar-refractivity contribution in [2.24, 2.45) is 0 Å². The highest BCUT2D eigenvalue weighted by atomic mass is 35.5. The number of aromatic nitrogens is 4. The van der Waals surface area contributed by atoms with Crippen LogP contribution >= 0.6 is 23.4 Å². The molecule has 120 valence electrons. The monoisotopic (exact) mass is 360 g/mol. The summed E-state index contributed by atoms with van der Waals surface area (Å²) >= 11 is 7.21. The second kappa shape index (κ2) is 5.81. The van der Waals surface area contributed by atoms with Gasteiger partial charge in [0.05, 0.1) is 23.0 Å². The molecule has 0 saturated heterocycles. The van der Waals surface area contributed by atoms with Crippen LogP contribution in [0.5, 0.6) is 0 Å². The molecule has 3 heterocycles. The molecule has 24 heavy (non-hydrogen) atoms. The Labute approximate surface area is 144 Å². The summed E-state index contributed by atoms with van der Waals surface area (Å²) in [5.74, 6) is -0.00188. The Bertz CT molecular complexity index is 1060. The van der Waals surface area contributed by atoms with E-state index in [1.807, 2.05) is 0 Å². The van der Waals surface area contributed by atoms with Crippen LogP contribution in [0.15, 0.2) is 46.0 Å². The molecule has 0 aliphatic carbocycles. The molecule has 0 amide bonds. The molecule has 0 aliphatic rings. The number of fused-ring (bicyclic) bond motifs is 3. The van der Waals surface area contributed by atoms with Gasteiger partial charge in [-0.25, -0.2) is 4.98 Å². The summed E-state index contributed by atoms with van der Waals surface area (Å²) in [5.41, 5.74) is 1.84. The largest absolute Gasteiger partial charge is 0.481 e. The van der Waals surface area contributed by atoms with E-state index in [1.165, 1.54) is 0 Å². The molecule has 9 heteroatoms. The number of carbonyl (C=O) groups is 1. The SMILES string of the molecule is O=C(O)CSc1nc2ccc(Cl)cc2n2c(-c3ccco3)nnc12. The van der Waals surface area contributed by atoms with Crippen molar-refractivity contribution in [2.75, 3.05) is 5.75 Å². The summed E-state index contributed by atoms with van der Waals surface area (Å²) in [6, 6.07) is 8.79. The third kappa shape index (κ3) is 2.49. The fourth-order valence-electron chi connectivity index (χ4n) is 2.37. The molecule has 0 fully saturated rings. The number of hydrogen-bond acceptors (Lipinski definition) is 6. The van der Waals surface area contributed by atoms with Crippen molar-refractivity contribution < 1.29 is 14.3 Å². The van der Waals surface area contributed by atoms with E-state index in [1.54, 1.807) is 41.0 Å². The molecule has 3 aromatic heterocycles. The highest BCUT2D eigenvalue weighted by Crippen LogP contribution is 2.30. The van der Waals surface area contributed by atoms with Gasteiger partial charge in [-0.2, -0.15) is 0 Å². The van der Waals surface area contributed by atoms with E-state index in [2.05, 4.69) is 15.2 Å². The number of hydrogen-bond donors (Lipinski definition) is 1. The number of aliphatic carboxylic acids is 1. The topological polar surface area (TPSA) is 93.5 Å². The van der Waals surface area contributed by atoms with Crippen molar-refractivity contribution in [2.45, 2.75) is 5.03 Å². The third-order valence-electron chi connectivity index (χ3n) is 3.33. The average molecular weight is 361 g/mol. The fraction of sp³-hybridized carbons (Fsp3) is 0.0667. The molecule has 0 atom stereocenters. The van der Waals surface area contributed by atoms with Gasteiger partial charge in [0.2, 0.25) is 5.82 Å². The van der Waals surface area contributed by atoms with Crippen LogP contribution in [0.2, 0.25) is 5.02 Å². The number of furan rings is 1. The summed E-state index contributed by atoms with van der Waals surface area (Å²) < 4.78 is 7.20. The van der Waals surface area contributed by atoms with Crippen LogP contribution in [0, 0.1) is 0 Å². The number of nitrogens with zero attached hydrogens (tertiary/aromatic N) is 4. The van der Waals surface area contributed by atoms with Crippen LogP contribution in [0.1, 0.15) is 0 Å². The molecule has 0 bridgehead atoms. The Kier molecular flexibility index (Phi) is 3.62. The normalized spacial score (nSPS) is 11.4. The molecule has 1 aromatic carbocycles. The van der Waals surface area contributed by atoms with Gasteiger partial charge < -0.3 is 9.52 Å². The minimum atomic E-state index is -0.929. The van der Waals surface area contributed by atoms with Crippen LogP contribution in [-0.4, -0.2) is 36.4 Å². The van der Waals surface area contributed by atoms with Crippen molar-refractivity contribution in [1.29, 1.82) is 0 Å². The van der Waals surface area contributed by atoms with Crippen molar-refractivity contribution in [3.05, 3.63) is 41.6 Å². The Morgan fingerprint density at radius 3 is 2.96 bits per heavy atom. The first-order valence-electron chi connectivity index (χ1n) is 6.86. The van der Waals surface area contributed by atoms with E-state index in [-0.39, 0.29) is 5.75 Å². The predicted molar refractivity (Wildman–Crippen MR) is 89.4 cm³/mol. The lowest BCUT2D eigenvalue weighted by atomic mass is 10.3. The van der Waals surface area contributed by atoms with E-state index < -0.39 is 5.97 Å². The highest BCUT2D eigenvalue weighted by molar-refractivity contribution is 8.00. The van der Waals surface area contributed by atoms with Gasteiger partial charge in [0.1, 0.15) is 5.03 Å². The first-order valence-corrected chi connectivity index (χ1v) is 8.23. The van der Waals surface area contributed by atoms with E-state index >= 15 is 0 Å². The van der Waals surface area contributed by atoms with Crippen LogP contribution < -0.4 is 0 Å². The number of carboxylic acid groups (broad SMARTS) is 1. The summed E-state index contributed by atoms with van der Waals surface area (Å²) in [6.45, 7) is 0. The first-order chi connectivity index (χ1) is 11.6. The predicted octanol–water partition coefficient (Wildman–Crippen LogP) is 3.37. The van der Waals surface area contributed by atoms with Crippen LogP contribution in [0.4, 0.5) is 0 Å². The first kappa shape index (κ1) is 15.0. The number of thioether (sulfide) groups is 1. The summed E-state index contributed by atoms with van der Waals surface area (Å²) in [5, 5.41) is 18.3. The Hall–Kier alpha value is -2.58. The molecular formula is C15H9ClN4O3S. The summed E-state index contributed by atoms with van der Waals surface area (Å²) in [7, 11) is 0. The van der Waals surface area contributed by atoms with Gasteiger partial charge >= 0.3 is 5.97 Å². The number of benzene rings is 1. The van der Waals surface area contributed by atoms with Crippen molar-refractivity contribution in [3.8, 4) is 11.6 Å². The minimum absolute atomic E-state index is 0.120. The summed E-state index contributed by atoms with van der Waals surface area (Å²) in [6.07, 6.45) is 1.55. The minimum Gasteiger partial charge on any atom is -0.481 e. The molecule has 0 aliphatic heterocycles. The number of carboxylic acids is 1. The van der Waals surface area contributed by atoms with Gasteiger partial charge in [0.25, 0.3) is 0 Å². The van der Waals surface area contributed by atoms with Gasteiger partial charge in [0.15, 0.2) is 11.4 Å². The van der Waals surface area contributed by atoms with Crippen molar-refractivity contribution >= 4 is 46.0 Å². The lowest BCUT2D eigenvalue weighted by Crippen LogP contribution is -2.01. The maximum absolute atomic E-state index is 10.9. The number of rotatable bonds is 4. The molecule has 4 aromatic rings. The van der Waals surface area contributed by atoms with E-state index in [4.69, 9.17) is 21.1 Å². The zero-order valence-corrected chi connectivity index (χ0v) is 13.6. The highest BCUT2D eigenvalue weighted by Gasteiger charge is 2.18. The average Bonchev–Trinajstić information content (AvgIpc) is 3.21. The molecule has 7 nitrogen and oxygen atoms in total. The maximum Gasteiger partial charge on any atom is 0.313 e. The van der Waals surface area contributed by atoms with E-state index in [0.717, 1.165) is 11.8 Å². The molecular weight excluding hydrogens is 352 g/mol. The summed E-state index contributed by atoms with van der Waals surface area (Å²) in [4.78, 5) is 15.4. The standard InChI is InChI=1S/C15H9ClN4O3S/c16-8-3-4-9-10(6-8)20-13(11-2-1-5-23-11)18-19-14(20)15(17-9)24-7-12(21)22/h1-6H,7H2,(H,21,22). The number of halogens is 1. The Balaban J connectivity index is 2.04. The zero-order chi connectivity index (χ0) is 16.7. The van der Waals surface area contributed by atoms with Crippen molar-refractivity contribution in [1.82, 2.24) is 19.6 Å². The fourth-order valence-corrected chi connectivity index (χ4v) is 3.22. The lowest BCUT2D eigenvalue weighted by molar-refractivity contribution is -0.133. The quantitative estimate of drug-likeness (QED) is 0.557. The Morgan fingerprint density at radius 2 is 2.21 bits per heavy atom. The molecule has 4 rings (SSSR count). The third-order valence-corrected chi connectivity index (χ3v) is 4.50. The van der Waals surface area contributed by atoms with Crippen LogP contribution in [0.25, 0.3) is 28.3 Å². The van der Waals surface area contributed by atoms with Gasteiger partial charge in [-0.05, 0) is 30.3 Å². The van der Waals surface area contributed by atoms with Gasteiger partial charge in [-0.1, -0.05) is 23.4 Å². The van der Waals surface area contributed by atoms with Crippen LogP contribution in [0.3, 0.4) is 0 Å². The molecule has 1 N–H and O–H groups in total.